The zero-order valence-electron chi connectivity index (χ0n) is 16.8. The molecular weight excluding hydrogens is 442 g/mol. The average molecular weight is 464 g/mol. The molecule has 0 spiro atoms. The zero-order valence-corrected chi connectivity index (χ0v) is 19.2. The molecule has 0 saturated carbocycles. The second kappa shape index (κ2) is 9.26. The summed E-state index contributed by atoms with van der Waals surface area (Å²) in [7, 11) is -3.66. The fourth-order valence-electron chi connectivity index (χ4n) is 3.01. The van der Waals surface area contributed by atoms with E-state index >= 15 is 0 Å². The number of aryl methyl sites for hydroxylation is 1. The van der Waals surface area contributed by atoms with Crippen molar-refractivity contribution < 1.29 is 13.2 Å². The van der Waals surface area contributed by atoms with Crippen molar-refractivity contribution in [2.45, 2.75) is 25.7 Å². The highest BCUT2D eigenvalue weighted by atomic mass is 35.5. The Morgan fingerprint density at radius 2 is 1.87 bits per heavy atom. The maximum absolute atomic E-state index is 12.9. The first-order valence-electron chi connectivity index (χ1n) is 9.40. The first-order chi connectivity index (χ1) is 14.3. The van der Waals surface area contributed by atoms with E-state index < -0.39 is 15.9 Å². The number of anilines is 1. The first-order valence-corrected chi connectivity index (χ1v) is 12.1. The van der Waals surface area contributed by atoms with Crippen molar-refractivity contribution in [2.75, 3.05) is 18.4 Å². The lowest BCUT2D eigenvalue weighted by Gasteiger charge is -2.19. The van der Waals surface area contributed by atoms with E-state index in [1.165, 1.54) is 27.8 Å². The third-order valence-electron chi connectivity index (χ3n) is 4.67. The number of benzene rings is 2. The molecule has 0 fully saturated rings. The SMILES string of the molecule is CCN(CC)S(=O)(=O)c1ccc(C)c(C(=O)Nc2nc(-c3ccccc3Cl)cs2)c1. The molecule has 1 heterocycles. The molecule has 6 nitrogen and oxygen atoms in total. The molecule has 3 rings (SSSR count). The number of thiazole rings is 1. The summed E-state index contributed by atoms with van der Waals surface area (Å²) in [5.74, 6) is -0.413. The van der Waals surface area contributed by atoms with Gasteiger partial charge in [-0.15, -0.1) is 11.3 Å². The Balaban J connectivity index is 1.87. The normalized spacial score (nSPS) is 11.6. The van der Waals surface area contributed by atoms with Crippen molar-refractivity contribution in [1.82, 2.24) is 9.29 Å². The topological polar surface area (TPSA) is 79.4 Å². The number of aromatic nitrogens is 1. The lowest BCUT2D eigenvalue weighted by atomic mass is 10.1. The quantitative estimate of drug-likeness (QED) is 0.531. The Morgan fingerprint density at radius 1 is 1.17 bits per heavy atom. The number of nitrogens with one attached hydrogen (secondary N) is 1. The second-order valence-corrected chi connectivity index (χ2v) is 9.74. The van der Waals surface area contributed by atoms with Crippen LogP contribution in [0.3, 0.4) is 0 Å². The number of carbonyl (C=O) groups excluding carboxylic acids is 1. The molecule has 9 heteroatoms. The van der Waals surface area contributed by atoms with E-state index in [0.29, 0.717) is 34.5 Å². The van der Waals surface area contributed by atoms with Crippen LogP contribution in [0.15, 0.2) is 52.7 Å². The third-order valence-corrected chi connectivity index (χ3v) is 7.80. The van der Waals surface area contributed by atoms with E-state index in [2.05, 4.69) is 10.3 Å². The lowest BCUT2D eigenvalue weighted by Crippen LogP contribution is -2.30. The minimum atomic E-state index is -3.66. The van der Waals surface area contributed by atoms with Gasteiger partial charge in [-0.3, -0.25) is 10.1 Å². The number of nitrogens with zero attached hydrogens (tertiary/aromatic N) is 2. The van der Waals surface area contributed by atoms with E-state index in [-0.39, 0.29) is 10.5 Å². The maximum Gasteiger partial charge on any atom is 0.257 e. The molecular formula is C21H22ClN3O3S2. The molecule has 0 radical (unpaired) electrons. The van der Waals surface area contributed by atoms with Crippen molar-refractivity contribution in [3.05, 3.63) is 64.0 Å². The maximum atomic E-state index is 12.9. The van der Waals surface area contributed by atoms with Crippen LogP contribution in [0.4, 0.5) is 5.13 Å². The molecule has 0 aliphatic heterocycles. The van der Waals surface area contributed by atoms with Gasteiger partial charge >= 0.3 is 0 Å². The van der Waals surface area contributed by atoms with Crippen LogP contribution < -0.4 is 5.32 Å². The molecule has 1 aromatic heterocycles. The van der Waals surface area contributed by atoms with E-state index in [9.17, 15) is 13.2 Å². The fourth-order valence-corrected chi connectivity index (χ4v) is 5.43. The van der Waals surface area contributed by atoms with Crippen LogP contribution in [0.5, 0.6) is 0 Å². The zero-order chi connectivity index (χ0) is 21.9. The van der Waals surface area contributed by atoms with Crippen LogP contribution in [0.2, 0.25) is 5.02 Å². The minimum absolute atomic E-state index is 0.0952. The average Bonchev–Trinajstić information content (AvgIpc) is 3.17. The van der Waals surface area contributed by atoms with Gasteiger partial charge in [0.25, 0.3) is 5.91 Å². The van der Waals surface area contributed by atoms with Crippen molar-refractivity contribution >= 4 is 44.0 Å². The predicted octanol–water partition coefficient (Wildman–Crippen LogP) is 5.05. The number of amides is 1. The number of hydrogen-bond donors (Lipinski definition) is 1. The summed E-state index contributed by atoms with van der Waals surface area (Å²) in [6, 6.07) is 11.9. The lowest BCUT2D eigenvalue weighted by molar-refractivity contribution is 0.102. The number of carbonyl (C=O) groups is 1. The van der Waals surface area contributed by atoms with Crippen molar-refractivity contribution in [2.24, 2.45) is 0 Å². The van der Waals surface area contributed by atoms with Gasteiger partial charge < -0.3 is 0 Å². The van der Waals surface area contributed by atoms with Crippen LogP contribution in [0.1, 0.15) is 29.8 Å². The van der Waals surface area contributed by atoms with Crippen LogP contribution >= 0.6 is 22.9 Å². The summed E-state index contributed by atoms with van der Waals surface area (Å²) in [5, 5.41) is 5.56. The highest BCUT2D eigenvalue weighted by molar-refractivity contribution is 7.89. The number of hydrogen-bond acceptors (Lipinski definition) is 5. The van der Waals surface area contributed by atoms with Gasteiger partial charge in [0.15, 0.2) is 5.13 Å². The second-order valence-electron chi connectivity index (χ2n) is 6.54. The number of halogens is 1. The summed E-state index contributed by atoms with van der Waals surface area (Å²) in [5.41, 5.74) is 2.40. The Bertz CT molecular complexity index is 1170. The largest absolute Gasteiger partial charge is 0.298 e. The Labute approximate surface area is 185 Å². The molecule has 30 heavy (non-hydrogen) atoms. The highest BCUT2D eigenvalue weighted by Crippen LogP contribution is 2.30. The van der Waals surface area contributed by atoms with Crippen LogP contribution in [-0.2, 0) is 10.0 Å². The monoisotopic (exact) mass is 463 g/mol. The van der Waals surface area contributed by atoms with Gasteiger partial charge in [-0.2, -0.15) is 4.31 Å². The molecule has 1 N–H and O–H groups in total. The van der Waals surface area contributed by atoms with Crippen molar-refractivity contribution in [3.8, 4) is 11.3 Å². The van der Waals surface area contributed by atoms with Crippen LogP contribution in [0, 0.1) is 6.92 Å². The van der Waals surface area contributed by atoms with Gasteiger partial charge in [-0.1, -0.05) is 49.7 Å². The molecule has 0 atom stereocenters. The van der Waals surface area contributed by atoms with E-state index in [1.807, 2.05) is 23.6 Å². The predicted molar refractivity (Wildman–Crippen MR) is 122 cm³/mol. The van der Waals surface area contributed by atoms with Crippen LogP contribution in [-0.4, -0.2) is 36.7 Å². The molecule has 0 bridgehead atoms. The summed E-state index contributed by atoms with van der Waals surface area (Å²) < 4.78 is 27.0. The minimum Gasteiger partial charge on any atom is -0.298 e. The summed E-state index contributed by atoms with van der Waals surface area (Å²) >= 11 is 7.49. The highest BCUT2D eigenvalue weighted by Gasteiger charge is 2.23. The summed E-state index contributed by atoms with van der Waals surface area (Å²) in [6.45, 7) is 6.04. The molecule has 0 saturated heterocycles. The Kier molecular flexibility index (Phi) is 6.92. The van der Waals surface area contributed by atoms with Gasteiger partial charge in [-0.25, -0.2) is 13.4 Å². The molecule has 0 unspecified atom stereocenters. The molecule has 0 aliphatic carbocycles. The Hall–Kier alpha value is -2.26. The van der Waals surface area contributed by atoms with E-state index in [0.717, 1.165) is 5.56 Å². The molecule has 3 aromatic rings. The smallest absolute Gasteiger partial charge is 0.257 e. The molecule has 2 aromatic carbocycles. The van der Waals surface area contributed by atoms with E-state index in [4.69, 9.17) is 11.6 Å². The number of rotatable bonds is 7. The summed E-state index contributed by atoms with van der Waals surface area (Å²) in [6.07, 6.45) is 0. The van der Waals surface area contributed by atoms with Gasteiger partial charge in [0.05, 0.1) is 10.6 Å². The summed E-state index contributed by atoms with van der Waals surface area (Å²) in [4.78, 5) is 17.4. The van der Waals surface area contributed by atoms with Crippen molar-refractivity contribution in [1.29, 1.82) is 0 Å². The van der Waals surface area contributed by atoms with Gasteiger partial charge in [-0.05, 0) is 30.7 Å². The molecule has 0 aliphatic rings. The number of sulfonamides is 1. The van der Waals surface area contributed by atoms with Crippen LogP contribution in [0.25, 0.3) is 11.3 Å². The Morgan fingerprint density at radius 3 is 2.53 bits per heavy atom. The molecule has 1 amide bonds. The molecule has 158 valence electrons. The van der Waals surface area contributed by atoms with Gasteiger partial charge in [0, 0.05) is 34.6 Å². The van der Waals surface area contributed by atoms with Crippen molar-refractivity contribution in [3.63, 3.8) is 0 Å². The third kappa shape index (κ3) is 4.57. The standard InChI is InChI=1S/C21H22ClN3O3S2/c1-4-25(5-2)30(27,28)15-11-10-14(3)17(12-15)20(26)24-21-23-19(13-29-21)16-8-6-7-9-18(16)22/h6-13H,4-5H2,1-3H3,(H,23,24,26). The van der Waals surface area contributed by atoms with Gasteiger partial charge in [0.2, 0.25) is 10.0 Å². The van der Waals surface area contributed by atoms with Gasteiger partial charge in [0.1, 0.15) is 0 Å². The first kappa shape index (κ1) is 22.4. The fraction of sp³-hybridized carbons (Fsp3) is 0.238. The van der Waals surface area contributed by atoms with E-state index in [1.54, 1.807) is 32.9 Å².